The number of nitrogens with zero attached hydrogens (tertiary/aromatic N) is 3. The van der Waals surface area contributed by atoms with Gasteiger partial charge in [-0.1, -0.05) is 23.4 Å². The first-order chi connectivity index (χ1) is 12.6. The molecule has 0 saturated heterocycles. The van der Waals surface area contributed by atoms with Gasteiger partial charge in [-0.3, -0.25) is 14.6 Å². The van der Waals surface area contributed by atoms with Gasteiger partial charge in [0.25, 0.3) is 11.8 Å². The van der Waals surface area contributed by atoms with E-state index in [1.54, 1.807) is 24.0 Å². The molecule has 7 heteroatoms. The smallest absolute Gasteiger partial charge is 0.259 e. The van der Waals surface area contributed by atoms with E-state index in [2.05, 4.69) is 15.5 Å². The van der Waals surface area contributed by atoms with E-state index in [1.165, 1.54) is 12.4 Å². The molecule has 2 amide bonds. The molecule has 26 heavy (non-hydrogen) atoms. The van der Waals surface area contributed by atoms with Crippen molar-refractivity contribution >= 4 is 23.3 Å². The van der Waals surface area contributed by atoms with Crippen LogP contribution in [0.25, 0.3) is 0 Å². The Labute approximate surface area is 149 Å². The lowest BCUT2D eigenvalue weighted by molar-refractivity contribution is 0.0989. The van der Waals surface area contributed by atoms with E-state index in [0.29, 0.717) is 23.7 Å². The molecule has 0 spiro atoms. The second-order valence-corrected chi connectivity index (χ2v) is 6.07. The van der Waals surface area contributed by atoms with Crippen LogP contribution in [-0.4, -0.2) is 28.5 Å². The minimum atomic E-state index is -0.401. The highest BCUT2D eigenvalue weighted by molar-refractivity contribution is 6.09. The van der Waals surface area contributed by atoms with Crippen molar-refractivity contribution in [2.24, 2.45) is 0 Å². The standard InChI is InChI=1S/C19H16N4O3/c1-12-8-17(22-26-12)21-18(24)14-9-15(11-20-10-14)19(25)23-7-6-13-4-2-3-5-16(13)23/h2-5,8-11H,6-7H2,1H3,(H,21,22,24). The van der Waals surface area contributed by atoms with Gasteiger partial charge in [-0.05, 0) is 31.0 Å². The largest absolute Gasteiger partial charge is 0.360 e. The van der Waals surface area contributed by atoms with E-state index < -0.39 is 5.91 Å². The van der Waals surface area contributed by atoms with Crippen LogP contribution in [0.3, 0.4) is 0 Å². The number of pyridine rings is 1. The number of carbonyl (C=O) groups excluding carboxylic acids is 2. The minimum Gasteiger partial charge on any atom is -0.360 e. The number of nitrogens with one attached hydrogen (secondary N) is 1. The quantitative estimate of drug-likeness (QED) is 0.786. The second kappa shape index (κ2) is 6.44. The first-order valence-electron chi connectivity index (χ1n) is 8.21. The topological polar surface area (TPSA) is 88.3 Å². The fourth-order valence-electron chi connectivity index (χ4n) is 3.00. The molecular formula is C19H16N4O3. The van der Waals surface area contributed by atoms with Gasteiger partial charge in [0.15, 0.2) is 5.82 Å². The van der Waals surface area contributed by atoms with Crippen LogP contribution in [0, 0.1) is 6.92 Å². The average molecular weight is 348 g/mol. The number of fused-ring (bicyclic) bond motifs is 1. The van der Waals surface area contributed by atoms with Crippen molar-refractivity contribution < 1.29 is 14.1 Å². The molecule has 1 N–H and O–H groups in total. The van der Waals surface area contributed by atoms with Gasteiger partial charge in [0.2, 0.25) is 0 Å². The molecule has 2 aromatic heterocycles. The van der Waals surface area contributed by atoms with E-state index in [0.717, 1.165) is 17.7 Å². The maximum atomic E-state index is 12.9. The highest BCUT2D eigenvalue weighted by Crippen LogP contribution is 2.28. The second-order valence-electron chi connectivity index (χ2n) is 6.07. The van der Waals surface area contributed by atoms with Crippen molar-refractivity contribution in [2.45, 2.75) is 13.3 Å². The first kappa shape index (κ1) is 16.0. The molecule has 3 aromatic rings. The Morgan fingerprint density at radius 2 is 1.96 bits per heavy atom. The molecule has 3 heterocycles. The Balaban J connectivity index is 1.56. The van der Waals surface area contributed by atoms with Gasteiger partial charge >= 0.3 is 0 Å². The predicted molar refractivity (Wildman–Crippen MR) is 95.3 cm³/mol. The minimum absolute atomic E-state index is 0.172. The lowest BCUT2D eigenvalue weighted by atomic mass is 10.1. The van der Waals surface area contributed by atoms with E-state index in [-0.39, 0.29) is 11.5 Å². The molecule has 0 fully saturated rings. The molecule has 1 aliphatic heterocycles. The molecular weight excluding hydrogens is 332 g/mol. The van der Waals surface area contributed by atoms with Gasteiger partial charge in [0.1, 0.15) is 5.76 Å². The summed E-state index contributed by atoms with van der Waals surface area (Å²) in [7, 11) is 0. The Morgan fingerprint density at radius 3 is 2.77 bits per heavy atom. The van der Waals surface area contributed by atoms with E-state index in [4.69, 9.17) is 4.52 Å². The molecule has 7 nitrogen and oxygen atoms in total. The Kier molecular flexibility index (Phi) is 3.96. The van der Waals surface area contributed by atoms with Gasteiger partial charge in [0, 0.05) is 30.7 Å². The number of para-hydroxylation sites is 1. The Bertz CT molecular complexity index is 996. The number of carbonyl (C=O) groups is 2. The number of aromatic nitrogens is 2. The maximum Gasteiger partial charge on any atom is 0.259 e. The van der Waals surface area contributed by atoms with Gasteiger partial charge in [-0.2, -0.15) is 0 Å². The van der Waals surface area contributed by atoms with Crippen LogP contribution in [0.2, 0.25) is 0 Å². The van der Waals surface area contributed by atoms with Crippen molar-refractivity contribution in [2.75, 3.05) is 16.8 Å². The third-order valence-corrected chi connectivity index (χ3v) is 4.25. The lowest BCUT2D eigenvalue weighted by Crippen LogP contribution is -2.29. The monoisotopic (exact) mass is 348 g/mol. The highest BCUT2D eigenvalue weighted by Gasteiger charge is 2.25. The molecule has 1 aromatic carbocycles. The number of anilines is 2. The third-order valence-electron chi connectivity index (χ3n) is 4.25. The van der Waals surface area contributed by atoms with Crippen molar-refractivity contribution in [3.63, 3.8) is 0 Å². The maximum absolute atomic E-state index is 12.9. The molecule has 0 bridgehead atoms. The fourth-order valence-corrected chi connectivity index (χ4v) is 3.00. The summed E-state index contributed by atoms with van der Waals surface area (Å²) < 4.78 is 4.92. The van der Waals surface area contributed by atoms with Gasteiger partial charge in [-0.15, -0.1) is 0 Å². The van der Waals surface area contributed by atoms with Crippen LogP contribution in [0.5, 0.6) is 0 Å². The lowest BCUT2D eigenvalue weighted by Gasteiger charge is -2.17. The molecule has 0 atom stereocenters. The number of hydrogen-bond acceptors (Lipinski definition) is 5. The third kappa shape index (κ3) is 2.95. The highest BCUT2D eigenvalue weighted by atomic mass is 16.5. The van der Waals surface area contributed by atoms with E-state index in [9.17, 15) is 9.59 Å². The van der Waals surface area contributed by atoms with Crippen molar-refractivity contribution in [3.05, 3.63) is 71.2 Å². The van der Waals surface area contributed by atoms with Gasteiger partial charge in [0.05, 0.1) is 11.1 Å². The van der Waals surface area contributed by atoms with Gasteiger partial charge in [-0.25, -0.2) is 0 Å². The molecule has 0 aliphatic carbocycles. The number of aryl methyl sites for hydroxylation is 1. The van der Waals surface area contributed by atoms with Crippen LogP contribution in [0.15, 0.2) is 53.3 Å². The normalized spacial score (nSPS) is 12.7. The summed E-state index contributed by atoms with van der Waals surface area (Å²) >= 11 is 0. The van der Waals surface area contributed by atoms with Crippen LogP contribution in [0.4, 0.5) is 11.5 Å². The molecule has 130 valence electrons. The predicted octanol–water partition coefficient (Wildman–Crippen LogP) is 2.83. The van der Waals surface area contributed by atoms with Gasteiger partial charge < -0.3 is 14.7 Å². The van der Waals surface area contributed by atoms with Crippen LogP contribution in [0.1, 0.15) is 32.0 Å². The summed E-state index contributed by atoms with van der Waals surface area (Å²) in [6, 6.07) is 11.0. The van der Waals surface area contributed by atoms with E-state index >= 15 is 0 Å². The van der Waals surface area contributed by atoms with Crippen LogP contribution < -0.4 is 10.2 Å². The number of amides is 2. The number of benzene rings is 1. The zero-order valence-corrected chi connectivity index (χ0v) is 14.1. The molecule has 0 radical (unpaired) electrons. The van der Waals surface area contributed by atoms with Crippen molar-refractivity contribution in [1.29, 1.82) is 0 Å². The summed E-state index contributed by atoms with van der Waals surface area (Å²) in [6.07, 6.45) is 3.71. The molecule has 1 aliphatic rings. The van der Waals surface area contributed by atoms with Crippen molar-refractivity contribution in [3.8, 4) is 0 Å². The Hall–Kier alpha value is -3.48. The van der Waals surface area contributed by atoms with Crippen molar-refractivity contribution in [1.82, 2.24) is 10.1 Å². The zero-order chi connectivity index (χ0) is 18.1. The summed E-state index contributed by atoms with van der Waals surface area (Å²) in [5.74, 6) is 0.337. The Morgan fingerprint density at radius 1 is 1.15 bits per heavy atom. The zero-order valence-electron chi connectivity index (χ0n) is 14.1. The fraction of sp³-hybridized carbons (Fsp3) is 0.158. The summed E-state index contributed by atoms with van der Waals surface area (Å²) in [4.78, 5) is 31.0. The number of hydrogen-bond donors (Lipinski definition) is 1. The average Bonchev–Trinajstić information content (AvgIpc) is 3.27. The molecule has 0 unspecified atom stereocenters. The molecule has 4 rings (SSSR count). The first-order valence-corrected chi connectivity index (χ1v) is 8.21. The summed E-state index contributed by atoms with van der Waals surface area (Å²) in [5.41, 5.74) is 2.70. The molecule has 0 saturated carbocycles. The number of rotatable bonds is 3. The summed E-state index contributed by atoms with van der Waals surface area (Å²) in [6.45, 7) is 2.35. The van der Waals surface area contributed by atoms with E-state index in [1.807, 2.05) is 24.3 Å². The van der Waals surface area contributed by atoms with Crippen LogP contribution >= 0.6 is 0 Å². The SMILES string of the molecule is Cc1cc(NC(=O)c2cncc(C(=O)N3CCc4ccccc43)c2)no1. The summed E-state index contributed by atoms with van der Waals surface area (Å²) in [5, 5.41) is 6.35. The van der Waals surface area contributed by atoms with Crippen LogP contribution in [-0.2, 0) is 6.42 Å².